The van der Waals surface area contributed by atoms with Crippen LogP contribution in [0, 0.1) is 11.8 Å². The number of nitrogens with one attached hydrogen (secondary N) is 2. The first-order chi connectivity index (χ1) is 17.9. The topological polar surface area (TPSA) is 105 Å². The smallest absolute Gasteiger partial charge is 0.407 e. The lowest BCUT2D eigenvalue weighted by Gasteiger charge is -2.46. The molecule has 2 aromatic carbocycles. The number of rotatable bonds is 7. The maximum atomic E-state index is 13.7. The van der Waals surface area contributed by atoms with Gasteiger partial charge in [-0.15, -0.1) is 0 Å². The van der Waals surface area contributed by atoms with Crippen LogP contribution < -0.4 is 10.6 Å². The van der Waals surface area contributed by atoms with Crippen molar-refractivity contribution < 1.29 is 24.2 Å². The first-order valence-corrected chi connectivity index (χ1v) is 13.6. The van der Waals surface area contributed by atoms with Gasteiger partial charge < -0.3 is 15.2 Å². The number of alkyl carbamates (subject to hydrolysis) is 1. The molecule has 3 atom stereocenters. The zero-order valence-corrected chi connectivity index (χ0v) is 21.4. The maximum Gasteiger partial charge on any atom is 0.407 e. The minimum atomic E-state index is -1.68. The van der Waals surface area contributed by atoms with E-state index in [1.165, 1.54) is 0 Å². The minimum absolute atomic E-state index is 0.0924. The molecule has 196 valence electrons. The van der Waals surface area contributed by atoms with Gasteiger partial charge in [0.1, 0.15) is 6.61 Å². The highest BCUT2D eigenvalue weighted by atomic mass is 16.5. The van der Waals surface area contributed by atoms with Gasteiger partial charge in [0.15, 0.2) is 11.3 Å². The molecule has 0 bridgehead atoms. The third kappa shape index (κ3) is 4.65. The van der Waals surface area contributed by atoms with Crippen molar-refractivity contribution in [3.63, 3.8) is 0 Å². The average Bonchev–Trinajstić information content (AvgIpc) is 3.25. The Morgan fingerprint density at radius 1 is 0.973 bits per heavy atom. The predicted molar refractivity (Wildman–Crippen MR) is 140 cm³/mol. The molecule has 7 heteroatoms. The normalized spacial score (nSPS) is 24.5. The number of carbonyl (C=O) groups excluding carboxylic acids is 2. The van der Waals surface area contributed by atoms with Crippen LogP contribution >= 0.6 is 0 Å². The van der Waals surface area contributed by atoms with Crippen LogP contribution in [0.25, 0.3) is 11.1 Å². The zero-order valence-electron chi connectivity index (χ0n) is 21.4. The number of carbonyl (C=O) groups is 3. The van der Waals surface area contributed by atoms with E-state index in [1.807, 2.05) is 36.4 Å². The van der Waals surface area contributed by atoms with Crippen molar-refractivity contribution in [1.82, 2.24) is 10.6 Å². The number of aliphatic carboxylic acids is 1. The monoisotopic (exact) mass is 504 g/mol. The molecule has 5 rings (SSSR count). The SMILES string of the molecule is C[C@H](NC(=O)OCC1c2ccccc2-c2ccccc21)C(=O)C1(C(=O)O)NCCCC1C1CCCCC1. The van der Waals surface area contributed by atoms with Crippen LogP contribution in [0.2, 0.25) is 0 Å². The number of benzene rings is 2. The van der Waals surface area contributed by atoms with Crippen molar-refractivity contribution in [1.29, 1.82) is 0 Å². The van der Waals surface area contributed by atoms with Crippen molar-refractivity contribution in [2.75, 3.05) is 13.2 Å². The lowest BCUT2D eigenvalue weighted by Crippen LogP contribution is -2.70. The summed E-state index contributed by atoms with van der Waals surface area (Å²) in [4.78, 5) is 39.2. The van der Waals surface area contributed by atoms with Crippen molar-refractivity contribution in [2.24, 2.45) is 11.8 Å². The molecule has 1 saturated carbocycles. The van der Waals surface area contributed by atoms with E-state index < -0.39 is 29.4 Å². The number of carboxylic acids is 1. The second-order valence-corrected chi connectivity index (χ2v) is 10.7. The molecule has 0 aromatic heterocycles. The predicted octanol–water partition coefficient (Wildman–Crippen LogP) is 4.89. The highest BCUT2D eigenvalue weighted by molar-refractivity contribution is 6.11. The number of Topliss-reactive ketones (excluding diaryl/α,β-unsaturated/α-hetero) is 1. The van der Waals surface area contributed by atoms with Crippen LogP contribution in [0.3, 0.4) is 0 Å². The fourth-order valence-electron chi connectivity index (χ4n) is 6.91. The van der Waals surface area contributed by atoms with Crippen LogP contribution in [0.15, 0.2) is 48.5 Å². The Morgan fingerprint density at radius 2 is 1.59 bits per heavy atom. The molecule has 2 aliphatic carbocycles. The van der Waals surface area contributed by atoms with Crippen LogP contribution in [-0.2, 0) is 14.3 Å². The molecular formula is C30H36N2O5. The molecule has 2 aromatic rings. The number of fused-ring (bicyclic) bond motifs is 3. The van der Waals surface area contributed by atoms with Gasteiger partial charge in [0.2, 0.25) is 0 Å². The molecule has 37 heavy (non-hydrogen) atoms. The molecule has 3 aliphatic rings. The average molecular weight is 505 g/mol. The van der Waals surface area contributed by atoms with E-state index in [9.17, 15) is 19.5 Å². The van der Waals surface area contributed by atoms with Gasteiger partial charge in [-0.2, -0.15) is 0 Å². The molecule has 1 amide bonds. The van der Waals surface area contributed by atoms with E-state index in [1.54, 1.807) is 6.92 Å². The van der Waals surface area contributed by atoms with Crippen molar-refractivity contribution >= 4 is 17.8 Å². The molecular weight excluding hydrogens is 468 g/mol. The first-order valence-electron chi connectivity index (χ1n) is 13.6. The highest BCUT2D eigenvalue weighted by Crippen LogP contribution is 2.45. The van der Waals surface area contributed by atoms with Gasteiger partial charge >= 0.3 is 12.1 Å². The molecule has 2 fully saturated rings. The van der Waals surface area contributed by atoms with Gasteiger partial charge in [-0.05, 0) is 60.4 Å². The molecule has 1 aliphatic heterocycles. The molecule has 2 unspecified atom stereocenters. The van der Waals surface area contributed by atoms with E-state index in [0.717, 1.165) is 60.8 Å². The lowest BCUT2D eigenvalue weighted by molar-refractivity contribution is -0.157. The Labute approximate surface area is 218 Å². The van der Waals surface area contributed by atoms with Gasteiger partial charge in [-0.25, -0.2) is 9.59 Å². The lowest BCUT2D eigenvalue weighted by atomic mass is 9.64. The van der Waals surface area contributed by atoms with Crippen LogP contribution in [-0.4, -0.2) is 47.7 Å². The number of amides is 1. The maximum absolute atomic E-state index is 13.7. The van der Waals surface area contributed by atoms with E-state index in [4.69, 9.17) is 4.74 Å². The van der Waals surface area contributed by atoms with Gasteiger partial charge in [0.25, 0.3) is 0 Å². The summed E-state index contributed by atoms with van der Waals surface area (Å²) in [7, 11) is 0. The third-order valence-electron chi connectivity index (χ3n) is 8.67. The zero-order chi connectivity index (χ0) is 26.0. The van der Waals surface area contributed by atoms with E-state index in [-0.39, 0.29) is 24.4 Å². The summed E-state index contributed by atoms with van der Waals surface area (Å²) < 4.78 is 5.61. The van der Waals surface area contributed by atoms with Crippen LogP contribution in [0.5, 0.6) is 0 Å². The fourth-order valence-corrected chi connectivity index (χ4v) is 6.91. The summed E-state index contributed by atoms with van der Waals surface area (Å²) in [5.41, 5.74) is 2.79. The Kier molecular flexibility index (Phi) is 7.33. The fraction of sp³-hybridized carbons (Fsp3) is 0.500. The summed E-state index contributed by atoms with van der Waals surface area (Å²) in [6.07, 6.45) is 6.02. The standard InChI is InChI=1S/C30H36N2O5/c1-19(27(33)30(28(34)35)26(16-9-17-31-30)20-10-3-2-4-11-20)32-29(36)37-18-25-23-14-7-5-12-21(23)22-13-6-8-15-24(22)25/h5-8,12-15,19-20,25-26,31H,2-4,9-11,16-18H2,1H3,(H,32,36)(H,34,35)/t19-,26?,30?/m0/s1. The summed E-state index contributed by atoms with van der Waals surface area (Å²) in [5.74, 6) is -1.82. The van der Waals surface area contributed by atoms with Crippen molar-refractivity contribution in [3.8, 4) is 11.1 Å². The number of ketones is 1. The number of hydrogen-bond donors (Lipinski definition) is 3. The molecule has 0 radical (unpaired) electrons. The van der Waals surface area contributed by atoms with Crippen molar-refractivity contribution in [3.05, 3.63) is 59.7 Å². The van der Waals surface area contributed by atoms with E-state index in [0.29, 0.717) is 13.0 Å². The number of carboxylic acid groups (broad SMARTS) is 1. The molecule has 1 saturated heterocycles. The largest absolute Gasteiger partial charge is 0.480 e. The molecule has 7 nitrogen and oxygen atoms in total. The van der Waals surface area contributed by atoms with Gasteiger partial charge in [-0.3, -0.25) is 10.1 Å². The third-order valence-corrected chi connectivity index (χ3v) is 8.67. The van der Waals surface area contributed by atoms with Gasteiger partial charge in [0.05, 0.1) is 6.04 Å². The molecule has 0 spiro atoms. The quantitative estimate of drug-likeness (QED) is 0.464. The second kappa shape index (κ2) is 10.7. The summed E-state index contributed by atoms with van der Waals surface area (Å²) >= 11 is 0. The second-order valence-electron chi connectivity index (χ2n) is 10.7. The highest BCUT2D eigenvalue weighted by Gasteiger charge is 2.56. The van der Waals surface area contributed by atoms with E-state index >= 15 is 0 Å². The molecule has 1 heterocycles. The molecule has 3 N–H and O–H groups in total. The Morgan fingerprint density at radius 3 is 2.22 bits per heavy atom. The number of piperidine rings is 1. The van der Waals surface area contributed by atoms with Crippen molar-refractivity contribution in [2.45, 2.75) is 69.4 Å². The Hall–Kier alpha value is -3.19. The Balaban J connectivity index is 1.28. The Bertz CT molecular complexity index is 1130. The summed E-state index contributed by atoms with van der Waals surface area (Å²) in [6.45, 7) is 2.16. The van der Waals surface area contributed by atoms with E-state index in [2.05, 4.69) is 22.8 Å². The minimum Gasteiger partial charge on any atom is -0.480 e. The van der Waals surface area contributed by atoms with Crippen LogP contribution in [0.1, 0.15) is 68.9 Å². The summed E-state index contributed by atoms with van der Waals surface area (Å²) in [5, 5.41) is 16.1. The van der Waals surface area contributed by atoms with Gasteiger partial charge in [0, 0.05) is 5.92 Å². The van der Waals surface area contributed by atoms with Crippen LogP contribution in [0.4, 0.5) is 4.79 Å². The summed E-state index contributed by atoms with van der Waals surface area (Å²) in [6, 6.07) is 15.2. The first kappa shape index (κ1) is 25.5. The van der Waals surface area contributed by atoms with Gasteiger partial charge in [-0.1, -0.05) is 80.6 Å². The number of ether oxygens (including phenoxy) is 1. The number of hydrogen-bond acceptors (Lipinski definition) is 5.